The Balaban J connectivity index is 0.00000441. The lowest BCUT2D eigenvalue weighted by Gasteiger charge is -2.42. The SMILES string of the molecule is CCC(C)C(=O)N1CCN(c2cc(S(=O)(=O)NC3(C#N)CC3)cc3c2cnn3C(=N)SC(=N)C(F)F)CC1C.[HH]. The molecule has 1 amide bonds. The van der Waals surface area contributed by atoms with Crippen molar-refractivity contribution in [3.8, 4) is 6.07 Å². The van der Waals surface area contributed by atoms with Crippen LogP contribution in [-0.2, 0) is 14.8 Å². The van der Waals surface area contributed by atoms with Gasteiger partial charge in [-0.05, 0) is 50.1 Å². The van der Waals surface area contributed by atoms with Crippen LogP contribution in [0.1, 0.15) is 41.5 Å². The number of sulfonamides is 1. The molecule has 39 heavy (non-hydrogen) atoms. The van der Waals surface area contributed by atoms with E-state index >= 15 is 0 Å². The van der Waals surface area contributed by atoms with Crippen LogP contribution in [0.25, 0.3) is 10.9 Å². The number of carbonyl (C=O) groups is 1. The first-order valence-electron chi connectivity index (χ1n) is 12.5. The van der Waals surface area contributed by atoms with Crippen LogP contribution in [0.5, 0.6) is 0 Å². The number of piperazine rings is 1. The van der Waals surface area contributed by atoms with Gasteiger partial charge < -0.3 is 9.80 Å². The zero-order valence-corrected chi connectivity index (χ0v) is 23.4. The smallest absolute Gasteiger partial charge is 0.286 e. The Labute approximate surface area is 231 Å². The van der Waals surface area contributed by atoms with Gasteiger partial charge in [0.05, 0.1) is 22.7 Å². The second-order valence-electron chi connectivity index (χ2n) is 9.94. The van der Waals surface area contributed by atoms with E-state index in [9.17, 15) is 27.3 Å². The van der Waals surface area contributed by atoms with Gasteiger partial charge in [-0.15, -0.1) is 0 Å². The molecule has 0 radical (unpaired) electrons. The molecule has 1 saturated heterocycles. The molecule has 212 valence electrons. The number of fused-ring (bicyclic) bond motifs is 1. The van der Waals surface area contributed by atoms with Crippen molar-refractivity contribution in [2.24, 2.45) is 5.92 Å². The van der Waals surface area contributed by atoms with Gasteiger partial charge >= 0.3 is 0 Å². The van der Waals surface area contributed by atoms with E-state index in [0.29, 0.717) is 43.5 Å². The maximum Gasteiger partial charge on any atom is 0.286 e. The average molecular weight is 583 g/mol. The zero-order chi connectivity index (χ0) is 28.7. The molecular formula is C24H32F2N8O3S2. The predicted molar refractivity (Wildman–Crippen MR) is 147 cm³/mol. The summed E-state index contributed by atoms with van der Waals surface area (Å²) in [6.45, 7) is 6.99. The van der Waals surface area contributed by atoms with Crippen LogP contribution in [0, 0.1) is 28.1 Å². The van der Waals surface area contributed by atoms with Crippen molar-refractivity contribution in [3.63, 3.8) is 0 Å². The summed E-state index contributed by atoms with van der Waals surface area (Å²) in [5.74, 6) is -0.0600. The van der Waals surface area contributed by atoms with Crippen molar-refractivity contribution in [1.82, 2.24) is 19.4 Å². The molecule has 15 heteroatoms. The van der Waals surface area contributed by atoms with Crippen molar-refractivity contribution in [1.29, 1.82) is 16.1 Å². The molecule has 1 aromatic carbocycles. The first kappa shape index (κ1) is 28.9. The highest BCUT2D eigenvalue weighted by Crippen LogP contribution is 2.38. The summed E-state index contributed by atoms with van der Waals surface area (Å²) in [7, 11) is -4.17. The number of rotatable bonds is 7. The Hall–Kier alpha value is -3.09. The minimum Gasteiger partial charge on any atom is -0.367 e. The third kappa shape index (κ3) is 5.78. The molecule has 2 aromatic rings. The lowest BCUT2D eigenvalue weighted by Crippen LogP contribution is -2.55. The lowest BCUT2D eigenvalue weighted by molar-refractivity contribution is -0.137. The molecule has 2 fully saturated rings. The molecular weight excluding hydrogens is 550 g/mol. The first-order valence-corrected chi connectivity index (χ1v) is 14.8. The number of aromatic nitrogens is 2. The summed E-state index contributed by atoms with van der Waals surface area (Å²) in [6, 6.07) is 4.59. The van der Waals surface area contributed by atoms with E-state index in [4.69, 9.17) is 10.8 Å². The van der Waals surface area contributed by atoms with E-state index in [1.54, 1.807) is 0 Å². The van der Waals surface area contributed by atoms with E-state index in [1.807, 2.05) is 36.6 Å². The van der Waals surface area contributed by atoms with Gasteiger partial charge in [-0.2, -0.15) is 15.1 Å². The van der Waals surface area contributed by atoms with Crippen LogP contribution in [0.15, 0.2) is 23.2 Å². The van der Waals surface area contributed by atoms with Crippen LogP contribution in [0.4, 0.5) is 14.5 Å². The minimum absolute atomic E-state index is 0. The normalized spacial score (nSPS) is 19.7. The third-order valence-electron chi connectivity index (χ3n) is 7.13. The number of amides is 1. The van der Waals surface area contributed by atoms with E-state index in [2.05, 4.69) is 9.82 Å². The highest BCUT2D eigenvalue weighted by atomic mass is 32.2. The molecule has 2 heterocycles. The molecule has 1 aliphatic carbocycles. The van der Waals surface area contributed by atoms with Crippen LogP contribution < -0.4 is 9.62 Å². The van der Waals surface area contributed by atoms with Gasteiger partial charge in [0.25, 0.3) is 6.43 Å². The fourth-order valence-electron chi connectivity index (χ4n) is 4.49. The molecule has 3 N–H and O–H groups in total. The van der Waals surface area contributed by atoms with Crippen LogP contribution >= 0.6 is 11.8 Å². The highest BCUT2D eigenvalue weighted by Gasteiger charge is 2.47. The highest BCUT2D eigenvalue weighted by molar-refractivity contribution is 8.26. The van der Waals surface area contributed by atoms with Crippen molar-refractivity contribution < 1.29 is 23.4 Å². The van der Waals surface area contributed by atoms with Crippen molar-refractivity contribution in [3.05, 3.63) is 18.3 Å². The van der Waals surface area contributed by atoms with Crippen molar-refractivity contribution in [2.75, 3.05) is 24.5 Å². The van der Waals surface area contributed by atoms with E-state index < -0.39 is 32.2 Å². The quantitative estimate of drug-likeness (QED) is 0.333. The molecule has 0 bridgehead atoms. The van der Waals surface area contributed by atoms with E-state index in [-0.39, 0.29) is 41.5 Å². The number of anilines is 1. The van der Waals surface area contributed by atoms with Gasteiger partial charge in [0.2, 0.25) is 15.9 Å². The summed E-state index contributed by atoms with van der Waals surface area (Å²) < 4.78 is 56.1. The summed E-state index contributed by atoms with van der Waals surface area (Å²) in [4.78, 5) is 16.4. The third-order valence-corrected chi connectivity index (χ3v) is 9.41. The number of nitrogens with zero attached hydrogens (tertiary/aromatic N) is 5. The van der Waals surface area contributed by atoms with Crippen molar-refractivity contribution in [2.45, 2.75) is 62.9 Å². The summed E-state index contributed by atoms with van der Waals surface area (Å²) in [6.07, 6.45) is -0.151. The molecule has 2 atom stereocenters. The Morgan fingerprint density at radius 1 is 1.36 bits per heavy atom. The summed E-state index contributed by atoms with van der Waals surface area (Å²) in [5.41, 5.74) is -0.496. The average Bonchev–Trinajstić information content (AvgIpc) is 3.52. The largest absolute Gasteiger partial charge is 0.367 e. The molecule has 1 saturated carbocycles. The molecule has 11 nitrogen and oxygen atoms in total. The lowest BCUT2D eigenvalue weighted by atomic mass is 10.0. The minimum atomic E-state index is -4.17. The molecule has 4 rings (SSSR count). The molecule has 2 aliphatic rings. The number of thioether (sulfide) groups is 1. The van der Waals surface area contributed by atoms with E-state index in [1.165, 1.54) is 18.3 Å². The first-order chi connectivity index (χ1) is 18.3. The van der Waals surface area contributed by atoms with Crippen LogP contribution in [0.2, 0.25) is 0 Å². The monoisotopic (exact) mass is 582 g/mol. The number of hydrogen-bond donors (Lipinski definition) is 3. The Bertz CT molecular complexity index is 1470. The Kier molecular flexibility index (Phi) is 8.02. The fourth-order valence-corrected chi connectivity index (χ4v) is 6.44. The van der Waals surface area contributed by atoms with Gasteiger partial charge in [0.1, 0.15) is 10.6 Å². The second-order valence-corrected chi connectivity index (χ2v) is 12.7. The summed E-state index contributed by atoms with van der Waals surface area (Å²) >= 11 is 0.219. The fraction of sp³-hybridized carbons (Fsp3) is 0.542. The Morgan fingerprint density at radius 2 is 2.05 bits per heavy atom. The van der Waals surface area contributed by atoms with Gasteiger partial charge in [0.15, 0.2) is 5.17 Å². The van der Waals surface area contributed by atoms with Crippen LogP contribution in [0.3, 0.4) is 0 Å². The topological polar surface area (TPSA) is 159 Å². The second kappa shape index (κ2) is 10.8. The maximum atomic E-state index is 13.4. The number of alkyl halides is 2. The van der Waals surface area contributed by atoms with Gasteiger partial charge in [-0.25, -0.2) is 21.9 Å². The number of hydrogen-bond acceptors (Lipinski definition) is 9. The van der Waals surface area contributed by atoms with Gasteiger partial charge in [-0.1, -0.05) is 13.8 Å². The molecule has 1 aliphatic heterocycles. The van der Waals surface area contributed by atoms with Gasteiger partial charge in [0, 0.05) is 44.1 Å². The predicted octanol–water partition coefficient (Wildman–Crippen LogP) is 3.46. The number of nitriles is 1. The molecule has 0 spiro atoms. The van der Waals surface area contributed by atoms with Gasteiger partial charge in [-0.3, -0.25) is 15.6 Å². The number of benzene rings is 1. The molecule has 1 aromatic heterocycles. The number of carbonyl (C=O) groups excluding carboxylic acids is 1. The standard InChI is InChI=1S/C24H30F2N8O3S2.H2/c1-4-14(2)22(35)33-8-7-32(12-15(33)3)18-9-16(39(36,37)31-24(13-27)5-6-24)10-19-17(18)11-30-34(19)23(29)38-21(28)20(25)26;/h9-11,14-15,20,28-29,31H,4-8,12H2,1-3H3;1H. The maximum absolute atomic E-state index is 13.4. The molecule has 2 unspecified atom stereocenters. The Morgan fingerprint density at radius 3 is 2.62 bits per heavy atom. The summed E-state index contributed by atoms with van der Waals surface area (Å²) in [5, 5.41) is 28.2. The number of nitrogens with one attached hydrogen (secondary N) is 3. The van der Waals surface area contributed by atoms with Crippen LogP contribution in [-0.4, -0.2) is 76.9 Å². The van der Waals surface area contributed by atoms with Crippen molar-refractivity contribution >= 4 is 54.5 Å². The zero-order valence-electron chi connectivity index (χ0n) is 21.7. The number of halogens is 2. The van der Waals surface area contributed by atoms with E-state index in [0.717, 1.165) is 11.1 Å².